The molecule has 0 fully saturated rings. The van der Waals surface area contributed by atoms with Gasteiger partial charge in [0.25, 0.3) is 5.91 Å². The van der Waals surface area contributed by atoms with Crippen molar-refractivity contribution in [2.75, 3.05) is 6.61 Å². The molecule has 1 atom stereocenters. The zero-order chi connectivity index (χ0) is 20.1. The molecule has 1 amide bonds. The molecule has 0 heterocycles. The van der Waals surface area contributed by atoms with Crippen molar-refractivity contribution >= 4 is 5.91 Å². The lowest BCUT2D eigenvalue weighted by molar-refractivity contribution is -0.137. The van der Waals surface area contributed by atoms with Crippen LogP contribution >= 0.6 is 0 Å². The lowest BCUT2D eigenvalue weighted by Gasteiger charge is -2.22. The third-order valence-electron chi connectivity index (χ3n) is 5.05. The molecule has 28 heavy (non-hydrogen) atoms. The van der Waals surface area contributed by atoms with Crippen molar-refractivity contribution in [3.05, 3.63) is 64.7 Å². The van der Waals surface area contributed by atoms with E-state index in [-0.39, 0.29) is 24.3 Å². The van der Waals surface area contributed by atoms with Gasteiger partial charge >= 0.3 is 6.18 Å². The number of benzene rings is 2. The standard InChI is InChI=1S/C22H24F3NO2/c1-2-20(17-11-10-15-6-3-4-7-16(15)12-17)26-21(27)14-28-19-9-5-8-18(13-19)22(23,24)25/h5,8-13,20H,2-4,6-7,14H2,1H3,(H,26,27). The number of ether oxygens (including phenoxy) is 1. The summed E-state index contributed by atoms with van der Waals surface area (Å²) >= 11 is 0. The highest BCUT2D eigenvalue weighted by molar-refractivity contribution is 5.78. The number of hydrogen-bond donors (Lipinski definition) is 1. The van der Waals surface area contributed by atoms with E-state index >= 15 is 0 Å². The fourth-order valence-electron chi connectivity index (χ4n) is 3.54. The van der Waals surface area contributed by atoms with Gasteiger partial charge < -0.3 is 10.1 Å². The van der Waals surface area contributed by atoms with Crippen molar-refractivity contribution in [1.82, 2.24) is 5.32 Å². The molecule has 0 aliphatic heterocycles. The summed E-state index contributed by atoms with van der Waals surface area (Å²) in [6.45, 7) is 1.65. The van der Waals surface area contributed by atoms with Crippen LogP contribution in [0, 0.1) is 0 Å². The molecule has 0 radical (unpaired) electrons. The summed E-state index contributed by atoms with van der Waals surface area (Å²) in [6.07, 6.45) is 0.836. The molecule has 3 rings (SSSR count). The van der Waals surface area contributed by atoms with Gasteiger partial charge in [0.1, 0.15) is 5.75 Å². The molecule has 1 N–H and O–H groups in total. The second-order valence-corrected chi connectivity index (χ2v) is 7.08. The second-order valence-electron chi connectivity index (χ2n) is 7.08. The third kappa shape index (κ3) is 5.06. The van der Waals surface area contributed by atoms with Gasteiger partial charge in [0.2, 0.25) is 0 Å². The molecule has 0 aromatic heterocycles. The van der Waals surface area contributed by atoms with Gasteiger partial charge in [0, 0.05) is 0 Å². The summed E-state index contributed by atoms with van der Waals surface area (Å²) in [5.74, 6) is -0.339. The largest absolute Gasteiger partial charge is 0.484 e. The monoisotopic (exact) mass is 391 g/mol. The van der Waals surface area contributed by atoms with Crippen LogP contribution in [0.2, 0.25) is 0 Å². The van der Waals surface area contributed by atoms with Crippen molar-refractivity contribution in [1.29, 1.82) is 0 Å². The molecule has 0 saturated carbocycles. The van der Waals surface area contributed by atoms with E-state index in [1.165, 1.54) is 36.1 Å². The minimum atomic E-state index is -4.44. The Morgan fingerprint density at radius 3 is 2.57 bits per heavy atom. The van der Waals surface area contributed by atoms with E-state index in [9.17, 15) is 18.0 Å². The first-order valence-electron chi connectivity index (χ1n) is 9.58. The van der Waals surface area contributed by atoms with Crippen LogP contribution in [0.4, 0.5) is 13.2 Å². The molecule has 1 aliphatic carbocycles. The quantitative estimate of drug-likeness (QED) is 0.732. The summed E-state index contributed by atoms with van der Waals surface area (Å²) in [4.78, 5) is 12.3. The van der Waals surface area contributed by atoms with Crippen LogP contribution in [0.25, 0.3) is 0 Å². The number of alkyl halides is 3. The third-order valence-corrected chi connectivity index (χ3v) is 5.05. The van der Waals surface area contributed by atoms with Crippen molar-refractivity contribution in [3.8, 4) is 5.75 Å². The van der Waals surface area contributed by atoms with Crippen molar-refractivity contribution in [2.24, 2.45) is 0 Å². The average Bonchev–Trinajstić information content (AvgIpc) is 2.69. The topological polar surface area (TPSA) is 38.3 Å². The van der Waals surface area contributed by atoms with E-state index in [1.54, 1.807) is 0 Å². The second kappa shape index (κ2) is 8.67. The van der Waals surface area contributed by atoms with Gasteiger partial charge in [-0.25, -0.2) is 0 Å². The van der Waals surface area contributed by atoms with Crippen LogP contribution in [0.3, 0.4) is 0 Å². The van der Waals surface area contributed by atoms with E-state index < -0.39 is 11.7 Å². The number of amides is 1. The highest BCUT2D eigenvalue weighted by atomic mass is 19.4. The van der Waals surface area contributed by atoms with E-state index in [1.807, 2.05) is 13.0 Å². The van der Waals surface area contributed by atoms with Gasteiger partial charge in [-0.3, -0.25) is 4.79 Å². The molecular weight excluding hydrogens is 367 g/mol. The maximum Gasteiger partial charge on any atom is 0.416 e. The zero-order valence-electron chi connectivity index (χ0n) is 15.8. The molecule has 0 spiro atoms. The van der Waals surface area contributed by atoms with Crippen LogP contribution in [0.5, 0.6) is 5.75 Å². The summed E-state index contributed by atoms with van der Waals surface area (Å²) < 4.78 is 43.5. The number of carbonyl (C=O) groups is 1. The molecular formula is C22H24F3NO2. The van der Waals surface area contributed by atoms with Crippen LogP contribution in [-0.4, -0.2) is 12.5 Å². The lowest BCUT2D eigenvalue weighted by Crippen LogP contribution is -2.32. The van der Waals surface area contributed by atoms with Gasteiger partial charge in [-0.1, -0.05) is 31.2 Å². The fraction of sp³-hybridized carbons (Fsp3) is 0.409. The van der Waals surface area contributed by atoms with Gasteiger partial charge in [0.05, 0.1) is 11.6 Å². The number of aryl methyl sites for hydroxylation is 2. The van der Waals surface area contributed by atoms with Crippen molar-refractivity contribution < 1.29 is 22.7 Å². The zero-order valence-corrected chi connectivity index (χ0v) is 15.8. The number of nitrogens with one attached hydrogen (secondary N) is 1. The molecule has 0 saturated heterocycles. The first kappa shape index (κ1) is 20.2. The molecule has 0 bridgehead atoms. The summed E-state index contributed by atoms with van der Waals surface area (Å²) in [5, 5.41) is 2.92. The van der Waals surface area contributed by atoms with Crippen LogP contribution in [0.15, 0.2) is 42.5 Å². The Kier molecular flexibility index (Phi) is 6.27. The number of carbonyl (C=O) groups excluding carboxylic acids is 1. The van der Waals surface area contributed by atoms with Crippen LogP contribution < -0.4 is 10.1 Å². The summed E-state index contributed by atoms with van der Waals surface area (Å²) in [6, 6.07) is 10.7. The van der Waals surface area contributed by atoms with Gasteiger partial charge in [-0.15, -0.1) is 0 Å². The average molecular weight is 391 g/mol. The number of rotatable bonds is 6. The Hall–Kier alpha value is -2.50. The first-order chi connectivity index (χ1) is 13.4. The van der Waals surface area contributed by atoms with E-state index in [2.05, 4.69) is 17.4 Å². The summed E-state index contributed by atoms with van der Waals surface area (Å²) in [5.41, 5.74) is 2.97. The van der Waals surface area contributed by atoms with E-state index in [0.717, 1.165) is 30.5 Å². The van der Waals surface area contributed by atoms with Crippen molar-refractivity contribution in [3.63, 3.8) is 0 Å². The number of halogens is 3. The van der Waals surface area contributed by atoms with Crippen LogP contribution in [-0.2, 0) is 23.8 Å². The molecule has 3 nitrogen and oxygen atoms in total. The Balaban J connectivity index is 1.60. The smallest absolute Gasteiger partial charge is 0.416 e. The molecule has 1 aliphatic rings. The predicted molar refractivity (Wildman–Crippen MR) is 101 cm³/mol. The molecule has 6 heteroatoms. The molecule has 150 valence electrons. The Morgan fingerprint density at radius 2 is 1.86 bits per heavy atom. The minimum Gasteiger partial charge on any atom is -0.484 e. The highest BCUT2D eigenvalue weighted by Crippen LogP contribution is 2.31. The predicted octanol–water partition coefficient (Wildman–Crippen LogP) is 5.23. The van der Waals surface area contributed by atoms with Crippen molar-refractivity contribution in [2.45, 2.75) is 51.2 Å². The number of hydrogen-bond acceptors (Lipinski definition) is 2. The molecule has 2 aromatic rings. The Bertz CT molecular complexity index is 833. The van der Waals surface area contributed by atoms with Gasteiger partial charge in [0.15, 0.2) is 6.61 Å². The van der Waals surface area contributed by atoms with Gasteiger partial charge in [-0.05, 0) is 67.0 Å². The minimum absolute atomic E-state index is 0.0202. The van der Waals surface area contributed by atoms with E-state index in [0.29, 0.717) is 6.42 Å². The number of fused-ring (bicyclic) bond motifs is 1. The highest BCUT2D eigenvalue weighted by Gasteiger charge is 2.30. The Morgan fingerprint density at radius 1 is 1.11 bits per heavy atom. The van der Waals surface area contributed by atoms with Gasteiger partial charge in [-0.2, -0.15) is 13.2 Å². The molecule has 2 aromatic carbocycles. The normalized spacial score (nSPS) is 14.9. The SMILES string of the molecule is CCC(NC(=O)COc1cccc(C(F)(F)F)c1)c1ccc2c(c1)CCCC2. The first-order valence-corrected chi connectivity index (χ1v) is 9.58. The fourth-order valence-corrected chi connectivity index (χ4v) is 3.54. The maximum atomic E-state index is 12.8. The van der Waals surface area contributed by atoms with E-state index in [4.69, 9.17) is 4.74 Å². The maximum absolute atomic E-state index is 12.8. The summed E-state index contributed by atoms with van der Waals surface area (Å²) in [7, 11) is 0. The van der Waals surface area contributed by atoms with Crippen LogP contribution in [0.1, 0.15) is 54.5 Å². The lowest BCUT2D eigenvalue weighted by atomic mass is 9.89. The Labute approximate surface area is 162 Å². The molecule has 1 unspecified atom stereocenters.